The molecule has 4 rings (SSSR count). The molecule has 0 unspecified atom stereocenters. The van der Waals surface area contributed by atoms with Gasteiger partial charge in [-0.3, -0.25) is 0 Å². The van der Waals surface area contributed by atoms with E-state index in [2.05, 4.69) is 74.2 Å². The van der Waals surface area contributed by atoms with Crippen LogP contribution in [0, 0.1) is 17.7 Å². The first-order chi connectivity index (χ1) is 18.2. The lowest BCUT2D eigenvalue weighted by atomic mass is 9.99. The van der Waals surface area contributed by atoms with Crippen molar-refractivity contribution in [1.82, 2.24) is 0 Å². The second kappa shape index (κ2) is 13.8. The van der Waals surface area contributed by atoms with E-state index < -0.39 is 0 Å². The fourth-order valence-electron chi connectivity index (χ4n) is 4.88. The number of benzene rings is 4. The molecule has 0 radical (unpaired) electrons. The van der Waals surface area contributed by atoms with E-state index >= 15 is 4.39 Å². The fourth-order valence-corrected chi connectivity index (χ4v) is 4.88. The highest BCUT2D eigenvalue weighted by atomic mass is 19.1. The third kappa shape index (κ3) is 7.80. The predicted octanol–water partition coefficient (Wildman–Crippen LogP) is 9.63. The average molecular weight is 491 g/mol. The smallest absolute Gasteiger partial charge is 0.134 e. The molecule has 0 spiro atoms. The molecule has 0 bridgehead atoms. The zero-order valence-electron chi connectivity index (χ0n) is 22.5. The van der Waals surface area contributed by atoms with Crippen LogP contribution in [-0.2, 0) is 25.7 Å². The minimum atomic E-state index is -0.0695. The summed E-state index contributed by atoms with van der Waals surface area (Å²) in [6.07, 6.45) is 11.2. The molecule has 0 nitrogen and oxygen atoms in total. The van der Waals surface area contributed by atoms with Crippen LogP contribution in [-0.4, -0.2) is 0 Å². The first kappa shape index (κ1) is 26.7. The molecule has 0 saturated heterocycles. The molecule has 1 heteroatoms. The maximum Gasteiger partial charge on any atom is 0.134 e. The van der Waals surface area contributed by atoms with Gasteiger partial charge < -0.3 is 0 Å². The van der Waals surface area contributed by atoms with Crippen LogP contribution in [0.25, 0.3) is 10.8 Å². The zero-order valence-corrected chi connectivity index (χ0v) is 22.5. The Bertz CT molecular complexity index is 1330. The van der Waals surface area contributed by atoms with Crippen molar-refractivity contribution < 1.29 is 4.39 Å². The fraction of sp³-hybridized carbons (Fsp3) is 0.333. The van der Waals surface area contributed by atoms with Crippen molar-refractivity contribution in [2.45, 2.75) is 78.1 Å². The van der Waals surface area contributed by atoms with Gasteiger partial charge in [0.2, 0.25) is 0 Å². The summed E-state index contributed by atoms with van der Waals surface area (Å²) < 4.78 is 15.0. The highest BCUT2D eigenvalue weighted by Gasteiger charge is 2.08. The number of hydrogen-bond acceptors (Lipinski definition) is 0. The number of rotatable bonds is 11. The summed E-state index contributed by atoms with van der Waals surface area (Å²) in [5.41, 5.74) is 6.87. The molecule has 190 valence electrons. The zero-order chi connectivity index (χ0) is 25.9. The Morgan fingerprint density at radius 3 is 1.81 bits per heavy atom. The topological polar surface area (TPSA) is 0 Å². The predicted molar refractivity (Wildman–Crippen MR) is 157 cm³/mol. The van der Waals surface area contributed by atoms with E-state index in [9.17, 15) is 0 Å². The van der Waals surface area contributed by atoms with Crippen LogP contribution in [0.4, 0.5) is 4.39 Å². The van der Waals surface area contributed by atoms with Crippen molar-refractivity contribution in [3.8, 4) is 11.8 Å². The van der Waals surface area contributed by atoms with E-state index in [4.69, 9.17) is 0 Å². The van der Waals surface area contributed by atoms with Crippen LogP contribution >= 0.6 is 0 Å². The van der Waals surface area contributed by atoms with Crippen LogP contribution in [0.2, 0.25) is 0 Å². The van der Waals surface area contributed by atoms with Crippen molar-refractivity contribution >= 4 is 10.8 Å². The molecule has 0 saturated carbocycles. The lowest BCUT2D eigenvalue weighted by Crippen LogP contribution is -1.93. The van der Waals surface area contributed by atoms with E-state index in [1.165, 1.54) is 48.8 Å². The summed E-state index contributed by atoms with van der Waals surface area (Å²) in [5, 5.41) is 1.61. The van der Waals surface area contributed by atoms with Crippen LogP contribution in [0.3, 0.4) is 0 Å². The van der Waals surface area contributed by atoms with Gasteiger partial charge in [-0.05, 0) is 84.0 Å². The SMILES string of the molecule is CCCCCCCc1ccc2cc(C#Cc3ccc(CCc4ccc(CCC)cc4)cc3)ccc2c1F. The molecule has 0 aromatic heterocycles. The van der Waals surface area contributed by atoms with Gasteiger partial charge in [0, 0.05) is 16.5 Å². The van der Waals surface area contributed by atoms with E-state index in [0.717, 1.165) is 54.2 Å². The van der Waals surface area contributed by atoms with Crippen molar-refractivity contribution in [3.63, 3.8) is 0 Å². The lowest BCUT2D eigenvalue weighted by Gasteiger charge is -2.07. The number of fused-ring (bicyclic) bond motifs is 1. The van der Waals surface area contributed by atoms with Gasteiger partial charge in [0.25, 0.3) is 0 Å². The number of halogens is 1. The van der Waals surface area contributed by atoms with Crippen molar-refractivity contribution in [2.75, 3.05) is 0 Å². The van der Waals surface area contributed by atoms with E-state index in [1.807, 2.05) is 30.3 Å². The van der Waals surface area contributed by atoms with Gasteiger partial charge in [0.15, 0.2) is 0 Å². The van der Waals surface area contributed by atoms with E-state index in [-0.39, 0.29) is 5.82 Å². The molecular formula is C36H39F. The highest BCUT2D eigenvalue weighted by Crippen LogP contribution is 2.24. The molecule has 4 aromatic rings. The highest BCUT2D eigenvalue weighted by molar-refractivity contribution is 5.85. The van der Waals surface area contributed by atoms with Crippen LogP contribution in [0.5, 0.6) is 0 Å². The number of unbranched alkanes of at least 4 members (excludes halogenated alkanes) is 4. The third-order valence-electron chi connectivity index (χ3n) is 7.15. The summed E-state index contributed by atoms with van der Waals surface area (Å²) >= 11 is 0. The monoisotopic (exact) mass is 490 g/mol. The normalized spacial score (nSPS) is 10.9. The maximum atomic E-state index is 15.0. The summed E-state index contributed by atoms with van der Waals surface area (Å²) in [4.78, 5) is 0. The lowest BCUT2D eigenvalue weighted by molar-refractivity contribution is 0.595. The summed E-state index contributed by atoms with van der Waals surface area (Å²) in [7, 11) is 0. The van der Waals surface area contributed by atoms with Gasteiger partial charge in [0.1, 0.15) is 5.82 Å². The van der Waals surface area contributed by atoms with Gasteiger partial charge in [-0.2, -0.15) is 0 Å². The number of aryl methyl sites for hydroxylation is 4. The molecule has 0 fully saturated rings. The maximum absolute atomic E-state index is 15.0. The first-order valence-corrected chi connectivity index (χ1v) is 14.1. The quantitative estimate of drug-likeness (QED) is 0.145. The van der Waals surface area contributed by atoms with Crippen LogP contribution < -0.4 is 0 Å². The molecule has 37 heavy (non-hydrogen) atoms. The van der Waals surface area contributed by atoms with Gasteiger partial charge in [-0.25, -0.2) is 4.39 Å². The molecule has 0 N–H and O–H groups in total. The first-order valence-electron chi connectivity index (χ1n) is 14.1. The van der Waals surface area contributed by atoms with Crippen LogP contribution in [0.1, 0.15) is 85.8 Å². The van der Waals surface area contributed by atoms with Gasteiger partial charge in [-0.1, -0.05) is 112 Å². The Morgan fingerprint density at radius 1 is 0.541 bits per heavy atom. The van der Waals surface area contributed by atoms with Gasteiger partial charge in [-0.15, -0.1) is 0 Å². The molecule has 0 aliphatic carbocycles. The third-order valence-corrected chi connectivity index (χ3v) is 7.15. The van der Waals surface area contributed by atoms with Gasteiger partial charge in [0.05, 0.1) is 0 Å². The molecule has 4 aromatic carbocycles. The van der Waals surface area contributed by atoms with E-state index in [0.29, 0.717) is 5.39 Å². The molecule has 0 atom stereocenters. The van der Waals surface area contributed by atoms with E-state index in [1.54, 1.807) is 0 Å². The Hall–Kier alpha value is -3.37. The van der Waals surface area contributed by atoms with Crippen molar-refractivity contribution in [1.29, 1.82) is 0 Å². The Kier molecular flexibility index (Phi) is 9.96. The molecule has 0 amide bonds. The average Bonchev–Trinajstić information content (AvgIpc) is 2.93. The summed E-state index contributed by atoms with van der Waals surface area (Å²) in [6, 6.07) is 27.4. The van der Waals surface area contributed by atoms with Crippen LogP contribution in [0.15, 0.2) is 78.9 Å². The standard InChI is InChI=1S/C36H39F/c1-3-5-6-7-8-10-33-24-25-34-27-32(23-26-35(34)36(33)37)22-21-31-19-17-30(18-20-31)16-15-29-13-11-28(9-4-2)12-14-29/h11-14,17-20,23-27H,3-10,15-16H2,1-2H3. The summed E-state index contributed by atoms with van der Waals surface area (Å²) in [6.45, 7) is 4.43. The van der Waals surface area contributed by atoms with Crippen molar-refractivity contribution in [3.05, 3.63) is 118 Å². The minimum absolute atomic E-state index is 0.0695. The Balaban J connectivity index is 1.35. The second-order valence-electron chi connectivity index (χ2n) is 10.2. The minimum Gasteiger partial charge on any atom is -0.206 e. The van der Waals surface area contributed by atoms with Gasteiger partial charge >= 0.3 is 0 Å². The summed E-state index contributed by atoms with van der Waals surface area (Å²) in [5.74, 6) is 6.46. The number of hydrogen-bond donors (Lipinski definition) is 0. The molecule has 0 aliphatic heterocycles. The molecular weight excluding hydrogens is 451 g/mol. The molecule has 0 aliphatic rings. The Labute approximate surface area is 223 Å². The largest absolute Gasteiger partial charge is 0.206 e. The second-order valence-corrected chi connectivity index (χ2v) is 10.2. The van der Waals surface area contributed by atoms with Crippen molar-refractivity contribution in [2.24, 2.45) is 0 Å². The Morgan fingerprint density at radius 2 is 1.14 bits per heavy atom. The molecule has 0 heterocycles.